The minimum absolute atomic E-state index is 0.0588. The number of aryl methyl sites for hydroxylation is 1. The molecule has 0 atom stereocenters. The first-order chi connectivity index (χ1) is 11.9. The summed E-state index contributed by atoms with van der Waals surface area (Å²) in [4.78, 5) is 34.7. The Balaban J connectivity index is 2.33. The Labute approximate surface area is 153 Å². The van der Waals surface area contributed by atoms with Crippen molar-refractivity contribution >= 4 is 28.7 Å². The van der Waals surface area contributed by atoms with Gasteiger partial charge in [0, 0.05) is 25.3 Å². The molecule has 0 saturated carbocycles. The van der Waals surface area contributed by atoms with Crippen LogP contribution in [-0.2, 0) is 11.3 Å². The summed E-state index contributed by atoms with van der Waals surface area (Å²) in [5.74, 6) is 0.859. The van der Waals surface area contributed by atoms with Crippen LogP contribution >= 0.6 is 11.8 Å². The molecular weight excluding hydrogens is 336 g/mol. The van der Waals surface area contributed by atoms with Crippen molar-refractivity contribution < 1.29 is 4.79 Å². The van der Waals surface area contributed by atoms with Crippen molar-refractivity contribution in [2.75, 3.05) is 18.8 Å². The number of aromatic nitrogens is 3. The molecule has 0 aliphatic carbocycles. The van der Waals surface area contributed by atoms with Crippen molar-refractivity contribution in [1.29, 1.82) is 0 Å². The quantitative estimate of drug-likeness (QED) is 0.577. The van der Waals surface area contributed by atoms with Crippen LogP contribution in [0.1, 0.15) is 39.8 Å². The number of rotatable bonds is 8. The lowest BCUT2D eigenvalue weighted by atomic mass is 10.1. The molecule has 0 radical (unpaired) electrons. The molecule has 1 N–H and O–H groups in total. The molecular formula is C18H28N4O2S. The maximum absolute atomic E-state index is 12.8. The van der Waals surface area contributed by atoms with Gasteiger partial charge >= 0.3 is 0 Å². The Morgan fingerprint density at radius 3 is 2.64 bits per heavy atom. The number of amides is 1. The highest BCUT2D eigenvalue weighted by Crippen LogP contribution is 2.20. The first kappa shape index (κ1) is 19.6. The number of hydrogen-bond acceptors (Lipinski definition) is 4. The summed E-state index contributed by atoms with van der Waals surface area (Å²) in [6.45, 7) is 12.1. The lowest BCUT2D eigenvalue weighted by molar-refractivity contribution is -0.127. The van der Waals surface area contributed by atoms with Crippen LogP contribution in [0, 0.1) is 12.8 Å². The maximum Gasteiger partial charge on any atom is 0.278 e. The van der Waals surface area contributed by atoms with Gasteiger partial charge in [0.05, 0.1) is 11.3 Å². The zero-order valence-electron chi connectivity index (χ0n) is 15.8. The summed E-state index contributed by atoms with van der Waals surface area (Å²) < 4.78 is 1.71. The van der Waals surface area contributed by atoms with Gasteiger partial charge in [-0.2, -0.15) is 0 Å². The van der Waals surface area contributed by atoms with Gasteiger partial charge in [-0.1, -0.05) is 25.6 Å². The molecule has 0 spiro atoms. The van der Waals surface area contributed by atoms with Gasteiger partial charge in [0.2, 0.25) is 5.91 Å². The van der Waals surface area contributed by atoms with Crippen LogP contribution in [0.2, 0.25) is 0 Å². The van der Waals surface area contributed by atoms with Gasteiger partial charge in [0.15, 0.2) is 5.16 Å². The Kier molecular flexibility index (Phi) is 6.70. The van der Waals surface area contributed by atoms with Crippen LogP contribution < -0.4 is 5.56 Å². The van der Waals surface area contributed by atoms with E-state index in [2.05, 4.69) is 23.8 Å². The number of nitrogens with zero attached hydrogens (tertiary/aromatic N) is 3. The van der Waals surface area contributed by atoms with E-state index in [4.69, 9.17) is 0 Å². The minimum atomic E-state index is -0.0588. The van der Waals surface area contributed by atoms with Crippen molar-refractivity contribution in [2.45, 2.75) is 52.7 Å². The number of aromatic amines is 1. The molecule has 0 aliphatic heterocycles. The van der Waals surface area contributed by atoms with E-state index in [1.54, 1.807) is 9.47 Å². The van der Waals surface area contributed by atoms with Crippen molar-refractivity contribution in [3.05, 3.63) is 22.1 Å². The molecule has 138 valence electrons. The molecule has 0 unspecified atom stereocenters. The zero-order chi connectivity index (χ0) is 18.6. The van der Waals surface area contributed by atoms with E-state index in [0.29, 0.717) is 47.5 Å². The second-order valence-corrected chi connectivity index (χ2v) is 7.54. The first-order valence-electron chi connectivity index (χ1n) is 8.88. The van der Waals surface area contributed by atoms with Crippen LogP contribution in [0.25, 0.3) is 11.0 Å². The minimum Gasteiger partial charge on any atom is -0.353 e. The predicted octanol–water partition coefficient (Wildman–Crippen LogP) is 3.04. The Morgan fingerprint density at radius 1 is 1.36 bits per heavy atom. The second kappa shape index (κ2) is 8.56. The van der Waals surface area contributed by atoms with Gasteiger partial charge in [0.1, 0.15) is 5.52 Å². The van der Waals surface area contributed by atoms with Crippen molar-refractivity contribution in [1.82, 2.24) is 19.4 Å². The summed E-state index contributed by atoms with van der Waals surface area (Å²) in [5, 5.41) is 0.623. The zero-order valence-corrected chi connectivity index (χ0v) is 16.6. The monoisotopic (exact) mass is 364 g/mol. The third-order valence-electron chi connectivity index (χ3n) is 4.21. The largest absolute Gasteiger partial charge is 0.353 e. The number of thioether (sulfide) groups is 1. The third-order valence-corrected chi connectivity index (χ3v) is 5.17. The van der Waals surface area contributed by atoms with Crippen LogP contribution in [0.3, 0.4) is 0 Å². The SMILES string of the molecule is CCN(CC)C(=O)CSc1nc2cc(C)[nH]c2c(=O)n1CCC(C)C. The highest BCUT2D eigenvalue weighted by Gasteiger charge is 2.16. The lowest BCUT2D eigenvalue weighted by Crippen LogP contribution is -2.32. The second-order valence-electron chi connectivity index (χ2n) is 6.60. The van der Waals surface area contributed by atoms with E-state index >= 15 is 0 Å². The lowest BCUT2D eigenvalue weighted by Gasteiger charge is -2.19. The van der Waals surface area contributed by atoms with E-state index in [0.717, 1.165) is 12.1 Å². The van der Waals surface area contributed by atoms with E-state index < -0.39 is 0 Å². The van der Waals surface area contributed by atoms with E-state index in [1.807, 2.05) is 26.8 Å². The van der Waals surface area contributed by atoms with Crippen molar-refractivity contribution in [3.63, 3.8) is 0 Å². The summed E-state index contributed by atoms with van der Waals surface area (Å²) in [7, 11) is 0. The van der Waals surface area contributed by atoms with Gasteiger partial charge in [-0.05, 0) is 39.2 Å². The average molecular weight is 365 g/mol. The molecule has 0 saturated heterocycles. The Morgan fingerprint density at radius 2 is 2.04 bits per heavy atom. The van der Waals surface area contributed by atoms with E-state index in [1.165, 1.54) is 11.8 Å². The summed E-state index contributed by atoms with van der Waals surface area (Å²) in [6, 6.07) is 1.87. The van der Waals surface area contributed by atoms with Gasteiger partial charge in [0.25, 0.3) is 5.56 Å². The molecule has 0 aliphatic rings. The number of H-pyrrole nitrogens is 1. The first-order valence-corrected chi connectivity index (χ1v) is 9.86. The van der Waals surface area contributed by atoms with E-state index in [9.17, 15) is 9.59 Å². The molecule has 7 heteroatoms. The van der Waals surface area contributed by atoms with Crippen LogP contribution in [-0.4, -0.2) is 44.2 Å². The smallest absolute Gasteiger partial charge is 0.278 e. The van der Waals surface area contributed by atoms with Gasteiger partial charge < -0.3 is 9.88 Å². The normalized spacial score (nSPS) is 11.4. The Hall–Kier alpha value is -1.76. The summed E-state index contributed by atoms with van der Waals surface area (Å²) >= 11 is 1.35. The number of nitrogens with one attached hydrogen (secondary N) is 1. The van der Waals surface area contributed by atoms with Crippen molar-refractivity contribution in [2.24, 2.45) is 5.92 Å². The topological polar surface area (TPSA) is 71.0 Å². The highest BCUT2D eigenvalue weighted by atomic mass is 32.2. The fourth-order valence-electron chi connectivity index (χ4n) is 2.70. The molecule has 1 amide bonds. The number of hydrogen-bond donors (Lipinski definition) is 1. The van der Waals surface area contributed by atoms with Gasteiger partial charge in [-0.15, -0.1) is 0 Å². The molecule has 2 heterocycles. The van der Waals surface area contributed by atoms with Crippen LogP contribution in [0.15, 0.2) is 16.0 Å². The molecule has 2 rings (SSSR count). The molecule has 2 aromatic heterocycles. The molecule has 25 heavy (non-hydrogen) atoms. The molecule has 6 nitrogen and oxygen atoms in total. The van der Waals surface area contributed by atoms with Gasteiger partial charge in [-0.3, -0.25) is 14.2 Å². The predicted molar refractivity (Wildman–Crippen MR) is 103 cm³/mol. The fraction of sp³-hybridized carbons (Fsp3) is 0.611. The summed E-state index contributed by atoms with van der Waals surface area (Å²) in [5.41, 5.74) is 2.06. The number of fused-ring (bicyclic) bond motifs is 1. The third kappa shape index (κ3) is 4.66. The molecule has 0 bridgehead atoms. The average Bonchev–Trinajstić information content (AvgIpc) is 2.93. The van der Waals surface area contributed by atoms with Crippen LogP contribution in [0.4, 0.5) is 0 Å². The van der Waals surface area contributed by atoms with Gasteiger partial charge in [-0.25, -0.2) is 4.98 Å². The van der Waals surface area contributed by atoms with Crippen LogP contribution in [0.5, 0.6) is 0 Å². The molecule has 2 aromatic rings. The number of carbonyl (C=O) groups excluding carboxylic acids is 1. The molecule has 0 fully saturated rings. The fourth-order valence-corrected chi connectivity index (χ4v) is 3.63. The maximum atomic E-state index is 12.8. The summed E-state index contributed by atoms with van der Waals surface area (Å²) in [6.07, 6.45) is 0.893. The van der Waals surface area contributed by atoms with Crippen molar-refractivity contribution in [3.8, 4) is 0 Å². The Bertz CT molecular complexity index is 790. The standard InChI is InChI=1S/C18H28N4O2S/c1-6-21(7-2)15(23)11-25-18-20-14-10-13(5)19-16(14)17(24)22(18)9-8-12(3)4/h10,12,19H,6-9,11H2,1-5H3. The van der Waals surface area contributed by atoms with E-state index in [-0.39, 0.29) is 11.5 Å². The molecule has 0 aromatic carbocycles. The highest BCUT2D eigenvalue weighted by molar-refractivity contribution is 7.99. The number of carbonyl (C=O) groups is 1.